The van der Waals surface area contributed by atoms with Crippen molar-refractivity contribution in [2.45, 2.75) is 19.3 Å². The Kier molecular flexibility index (Phi) is 3.75. The first-order valence-corrected chi connectivity index (χ1v) is 6.26. The highest BCUT2D eigenvalue weighted by molar-refractivity contribution is 6.16. The van der Waals surface area contributed by atoms with Crippen LogP contribution in [0.15, 0.2) is 18.2 Å². The van der Waals surface area contributed by atoms with Gasteiger partial charge < -0.3 is 9.47 Å². The van der Waals surface area contributed by atoms with Gasteiger partial charge in [-0.2, -0.15) is 5.26 Å². The molecule has 1 aliphatic carbocycles. The van der Waals surface area contributed by atoms with Gasteiger partial charge in [0.1, 0.15) is 11.2 Å². The number of nitrogens with zero attached hydrogens (tertiary/aromatic N) is 1. The largest absolute Gasteiger partial charge is 0.497 e. The predicted molar refractivity (Wildman–Crippen MR) is 70.3 cm³/mol. The highest BCUT2D eigenvalue weighted by Crippen LogP contribution is 2.42. The standard InChI is InChI=1S/C15H15NO4/c1-19-11-5-4-10-9-15(6-3-7-16,14(18)20-2)13(17)12(10)8-11/h4-5,8H,3,6,9H2,1-2H3. The topological polar surface area (TPSA) is 76.4 Å². The Hall–Kier alpha value is -2.35. The molecule has 0 aliphatic heterocycles. The minimum Gasteiger partial charge on any atom is -0.497 e. The molecule has 104 valence electrons. The van der Waals surface area contributed by atoms with Crippen LogP contribution in [-0.4, -0.2) is 26.0 Å². The third kappa shape index (κ3) is 2.03. The smallest absolute Gasteiger partial charge is 0.320 e. The van der Waals surface area contributed by atoms with Crippen molar-refractivity contribution in [2.75, 3.05) is 14.2 Å². The van der Waals surface area contributed by atoms with Gasteiger partial charge in [-0.3, -0.25) is 9.59 Å². The molecule has 0 saturated carbocycles. The predicted octanol–water partition coefficient (Wildman–Crippen LogP) is 1.90. The molecule has 0 radical (unpaired) electrons. The van der Waals surface area contributed by atoms with E-state index < -0.39 is 11.4 Å². The Labute approximate surface area is 117 Å². The minimum absolute atomic E-state index is 0.131. The zero-order chi connectivity index (χ0) is 14.8. The summed E-state index contributed by atoms with van der Waals surface area (Å²) < 4.78 is 9.90. The van der Waals surface area contributed by atoms with E-state index in [2.05, 4.69) is 0 Å². The number of carbonyl (C=O) groups is 2. The second-order valence-electron chi connectivity index (χ2n) is 4.76. The number of hydrogen-bond acceptors (Lipinski definition) is 5. The molecular formula is C15H15NO4. The summed E-state index contributed by atoms with van der Waals surface area (Å²) in [5.74, 6) is -0.292. The number of ether oxygens (including phenoxy) is 2. The molecule has 1 atom stereocenters. The number of rotatable bonds is 4. The van der Waals surface area contributed by atoms with E-state index >= 15 is 0 Å². The van der Waals surface area contributed by atoms with Crippen molar-refractivity contribution in [3.05, 3.63) is 29.3 Å². The Bertz CT molecular complexity index is 602. The second-order valence-corrected chi connectivity index (χ2v) is 4.76. The maximum Gasteiger partial charge on any atom is 0.320 e. The van der Waals surface area contributed by atoms with E-state index in [1.54, 1.807) is 18.2 Å². The Morgan fingerprint density at radius 2 is 2.20 bits per heavy atom. The van der Waals surface area contributed by atoms with Gasteiger partial charge in [0.2, 0.25) is 0 Å². The first-order chi connectivity index (χ1) is 9.58. The van der Waals surface area contributed by atoms with Gasteiger partial charge in [-0.1, -0.05) is 6.07 Å². The van der Waals surface area contributed by atoms with Gasteiger partial charge >= 0.3 is 5.97 Å². The SMILES string of the molecule is COC(=O)C1(CCC#N)Cc2ccc(OC)cc2C1=O. The fraction of sp³-hybridized carbons (Fsp3) is 0.400. The number of fused-ring (bicyclic) bond motifs is 1. The number of methoxy groups -OCH3 is 2. The number of Topliss-reactive ketones (excluding diaryl/α,β-unsaturated/α-hetero) is 1. The van der Waals surface area contributed by atoms with Crippen molar-refractivity contribution in [3.8, 4) is 11.8 Å². The molecule has 0 N–H and O–H groups in total. The first kappa shape index (κ1) is 14.1. The molecular weight excluding hydrogens is 258 g/mol. The quantitative estimate of drug-likeness (QED) is 0.618. The van der Waals surface area contributed by atoms with Crippen molar-refractivity contribution in [1.29, 1.82) is 5.26 Å². The van der Waals surface area contributed by atoms with Crippen LogP contribution < -0.4 is 4.74 Å². The lowest BCUT2D eigenvalue weighted by Gasteiger charge is -2.22. The van der Waals surface area contributed by atoms with Gasteiger partial charge in [0.15, 0.2) is 5.78 Å². The second kappa shape index (κ2) is 5.33. The fourth-order valence-corrected chi connectivity index (χ4v) is 2.64. The number of hydrogen-bond donors (Lipinski definition) is 0. The van der Waals surface area contributed by atoms with Gasteiger partial charge in [0.05, 0.1) is 20.3 Å². The maximum atomic E-state index is 12.6. The lowest BCUT2D eigenvalue weighted by molar-refractivity contribution is -0.149. The van der Waals surface area contributed by atoms with Crippen molar-refractivity contribution in [3.63, 3.8) is 0 Å². The van der Waals surface area contributed by atoms with E-state index in [1.165, 1.54) is 14.2 Å². The molecule has 0 saturated heterocycles. The lowest BCUT2D eigenvalue weighted by atomic mass is 9.79. The van der Waals surface area contributed by atoms with Crippen molar-refractivity contribution >= 4 is 11.8 Å². The Balaban J connectivity index is 2.45. The van der Waals surface area contributed by atoms with Crippen molar-refractivity contribution < 1.29 is 19.1 Å². The normalized spacial score (nSPS) is 20.1. The summed E-state index contributed by atoms with van der Waals surface area (Å²) in [6.07, 6.45) is 0.581. The summed E-state index contributed by atoms with van der Waals surface area (Å²) in [6, 6.07) is 7.15. The van der Waals surface area contributed by atoms with Crippen LogP contribution in [0.4, 0.5) is 0 Å². The summed E-state index contributed by atoms with van der Waals surface area (Å²) in [6.45, 7) is 0. The van der Waals surface area contributed by atoms with E-state index in [0.717, 1.165) is 5.56 Å². The van der Waals surface area contributed by atoms with Crippen LogP contribution in [-0.2, 0) is 16.0 Å². The van der Waals surface area contributed by atoms with Gasteiger partial charge in [0, 0.05) is 12.0 Å². The molecule has 1 unspecified atom stereocenters. The van der Waals surface area contributed by atoms with Crippen LogP contribution in [0.25, 0.3) is 0 Å². The van der Waals surface area contributed by atoms with Crippen molar-refractivity contribution in [1.82, 2.24) is 0 Å². The first-order valence-electron chi connectivity index (χ1n) is 6.26. The Morgan fingerprint density at radius 3 is 2.80 bits per heavy atom. The zero-order valence-electron chi connectivity index (χ0n) is 11.4. The third-order valence-electron chi connectivity index (χ3n) is 3.73. The average Bonchev–Trinajstić information content (AvgIpc) is 2.77. The Morgan fingerprint density at radius 1 is 1.45 bits per heavy atom. The molecule has 0 spiro atoms. The summed E-state index contributed by atoms with van der Waals surface area (Å²) in [5, 5.41) is 8.75. The molecule has 0 aromatic heterocycles. The van der Waals surface area contributed by atoms with Crippen molar-refractivity contribution in [2.24, 2.45) is 5.41 Å². The molecule has 0 bridgehead atoms. The minimum atomic E-state index is -1.26. The maximum absolute atomic E-state index is 12.6. The van der Waals surface area contributed by atoms with Crippen LogP contribution in [0.2, 0.25) is 0 Å². The van der Waals surface area contributed by atoms with Gasteiger partial charge in [-0.15, -0.1) is 0 Å². The highest BCUT2D eigenvalue weighted by Gasteiger charge is 2.52. The molecule has 0 fully saturated rings. The lowest BCUT2D eigenvalue weighted by Crippen LogP contribution is -2.38. The number of carbonyl (C=O) groups excluding carboxylic acids is 2. The van der Waals surface area contributed by atoms with E-state index in [4.69, 9.17) is 14.7 Å². The van der Waals surface area contributed by atoms with Gasteiger partial charge in [0.25, 0.3) is 0 Å². The molecule has 1 aromatic carbocycles. The van der Waals surface area contributed by atoms with Crippen LogP contribution in [0.5, 0.6) is 5.75 Å². The van der Waals surface area contributed by atoms with E-state index in [0.29, 0.717) is 11.3 Å². The molecule has 20 heavy (non-hydrogen) atoms. The molecule has 1 aliphatic rings. The average molecular weight is 273 g/mol. The number of ketones is 1. The number of esters is 1. The van der Waals surface area contributed by atoms with Gasteiger partial charge in [-0.05, 0) is 30.5 Å². The molecule has 1 aromatic rings. The summed E-state index contributed by atoms with van der Waals surface area (Å²) in [4.78, 5) is 24.7. The molecule has 5 heteroatoms. The van der Waals surface area contributed by atoms with Crippen LogP contribution in [0.1, 0.15) is 28.8 Å². The zero-order valence-corrected chi connectivity index (χ0v) is 11.4. The van der Waals surface area contributed by atoms with Crippen LogP contribution >= 0.6 is 0 Å². The fourth-order valence-electron chi connectivity index (χ4n) is 2.64. The molecule has 5 nitrogen and oxygen atoms in total. The monoisotopic (exact) mass is 273 g/mol. The van der Waals surface area contributed by atoms with Crippen LogP contribution in [0.3, 0.4) is 0 Å². The summed E-state index contributed by atoms with van der Waals surface area (Å²) in [5.41, 5.74) is 0.00551. The van der Waals surface area contributed by atoms with E-state index in [1.807, 2.05) is 6.07 Å². The summed E-state index contributed by atoms with van der Waals surface area (Å²) >= 11 is 0. The summed E-state index contributed by atoms with van der Waals surface area (Å²) in [7, 11) is 2.78. The number of nitriles is 1. The molecule has 2 rings (SSSR count). The van der Waals surface area contributed by atoms with Gasteiger partial charge in [-0.25, -0.2) is 0 Å². The third-order valence-corrected chi connectivity index (χ3v) is 3.73. The van der Waals surface area contributed by atoms with Crippen LogP contribution in [0, 0.1) is 16.7 Å². The molecule has 0 heterocycles. The van der Waals surface area contributed by atoms with E-state index in [9.17, 15) is 9.59 Å². The molecule has 0 amide bonds. The van der Waals surface area contributed by atoms with E-state index in [-0.39, 0.29) is 25.0 Å². The number of benzene rings is 1. The highest BCUT2D eigenvalue weighted by atomic mass is 16.5.